The molecule has 0 spiro atoms. The van der Waals surface area contributed by atoms with Crippen molar-refractivity contribution < 1.29 is 27.1 Å². The molecule has 2 aliphatic carbocycles. The number of hydrogen-bond acceptors (Lipinski definition) is 8. The van der Waals surface area contributed by atoms with Crippen molar-refractivity contribution in [1.82, 2.24) is 19.9 Å². The molecule has 3 heterocycles. The minimum Gasteiger partial charge on any atom is -0.494 e. The van der Waals surface area contributed by atoms with E-state index in [9.17, 15) is 13.2 Å². The average Bonchev–Trinajstić information content (AvgIpc) is 3.58. The van der Waals surface area contributed by atoms with Gasteiger partial charge in [0.05, 0.1) is 30.2 Å². The number of aromatic amines is 1. The van der Waals surface area contributed by atoms with Gasteiger partial charge < -0.3 is 14.4 Å². The number of carbonyl (C=O) groups excluding carboxylic acids is 1. The van der Waals surface area contributed by atoms with Crippen LogP contribution < -0.4 is 9.62 Å². The molecule has 1 atom stereocenters. The van der Waals surface area contributed by atoms with Gasteiger partial charge in [0.2, 0.25) is 0 Å². The zero-order valence-electron chi connectivity index (χ0n) is 23.7. The normalized spacial score (nSPS) is 21.9. The summed E-state index contributed by atoms with van der Waals surface area (Å²) in [5.74, 6) is 0.925. The third-order valence-electron chi connectivity index (χ3n) is 7.33. The summed E-state index contributed by atoms with van der Waals surface area (Å²) in [7, 11) is -4.17. The molecule has 1 saturated carbocycles. The second-order valence-electron chi connectivity index (χ2n) is 11.8. The molecule has 5 rings (SSSR count). The highest BCUT2D eigenvalue weighted by Crippen LogP contribution is 2.36. The molecule has 1 saturated heterocycles. The number of rotatable bonds is 11. The lowest BCUT2D eigenvalue weighted by Crippen LogP contribution is -2.40. The van der Waals surface area contributed by atoms with Gasteiger partial charge >= 0.3 is 0 Å². The highest BCUT2D eigenvalue weighted by molar-refractivity contribution is 7.90. The fourth-order valence-corrected chi connectivity index (χ4v) is 5.83. The van der Waals surface area contributed by atoms with E-state index < -0.39 is 21.6 Å². The van der Waals surface area contributed by atoms with Crippen LogP contribution in [0.3, 0.4) is 0 Å². The smallest absolute Gasteiger partial charge is 0.281 e. The molecular weight excluding hydrogens is 549 g/mol. The number of piperidine rings is 1. The lowest BCUT2D eigenvalue weighted by atomic mass is 9.90. The Morgan fingerprint density at radius 2 is 1.98 bits per heavy atom. The Morgan fingerprint density at radius 1 is 1.22 bits per heavy atom. The van der Waals surface area contributed by atoms with Gasteiger partial charge in [-0.05, 0) is 80.4 Å². The summed E-state index contributed by atoms with van der Waals surface area (Å²) >= 11 is 0. The molecular formula is C29H38FN5O5S. The van der Waals surface area contributed by atoms with Crippen LogP contribution in [0.2, 0.25) is 0 Å². The molecule has 3 aliphatic rings. The van der Waals surface area contributed by atoms with Crippen LogP contribution in [0.15, 0.2) is 47.3 Å². The second-order valence-corrected chi connectivity index (χ2v) is 13.4. The maximum atomic E-state index is 15.4. The van der Waals surface area contributed by atoms with Gasteiger partial charge in [0.15, 0.2) is 5.03 Å². The summed E-state index contributed by atoms with van der Waals surface area (Å²) in [4.78, 5) is 20.1. The van der Waals surface area contributed by atoms with E-state index in [0.29, 0.717) is 48.5 Å². The zero-order chi connectivity index (χ0) is 29.2. The average molecular weight is 588 g/mol. The number of carbonyl (C=O) groups is 1. The van der Waals surface area contributed by atoms with E-state index in [1.54, 1.807) is 18.2 Å². The van der Waals surface area contributed by atoms with Crippen LogP contribution in [0.5, 0.6) is 0 Å². The number of aromatic nitrogens is 3. The van der Waals surface area contributed by atoms with E-state index in [-0.39, 0.29) is 29.0 Å². The largest absolute Gasteiger partial charge is 0.494 e. The van der Waals surface area contributed by atoms with Crippen molar-refractivity contribution in [2.24, 2.45) is 11.8 Å². The number of ether oxygens (including phenoxy) is 2. The third kappa shape index (κ3) is 7.53. The zero-order valence-corrected chi connectivity index (χ0v) is 24.5. The van der Waals surface area contributed by atoms with Crippen LogP contribution in [-0.2, 0) is 19.5 Å². The summed E-state index contributed by atoms with van der Waals surface area (Å²) < 4.78 is 54.9. The van der Waals surface area contributed by atoms with Crippen molar-refractivity contribution >= 4 is 27.3 Å². The van der Waals surface area contributed by atoms with Gasteiger partial charge in [-0.3, -0.25) is 9.89 Å². The quantitative estimate of drug-likeness (QED) is 0.397. The van der Waals surface area contributed by atoms with E-state index in [4.69, 9.17) is 14.5 Å². The van der Waals surface area contributed by atoms with Crippen molar-refractivity contribution in [3.05, 3.63) is 53.6 Å². The van der Waals surface area contributed by atoms with Crippen LogP contribution in [0, 0.1) is 11.8 Å². The number of pyridine rings is 1. The Kier molecular flexibility index (Phi) is 8.51. The molecule has 0 aromatic carbocycles. The first kappa shape index (κ1) is 29.2. The van der Waals surface area contributed by atoms with E-state index in [1.165, 1.54) is 38.1 Å². The number of sulfonamides is 1. The number of nitrogens with one attached hydrogen (secondary N) is 2. The molecule has 1 unspecified atom stereocenters. The van der Waals surface area contributed by atoms with Crippen molar-refractivity contribution in [3.8, 4) is 0 Å². The van der Waals surface area contributed by atoms with Gasteiger partial charge in [-0.15, -0.1) is 0 Å². The van der Waals surface area contributed by atoms with Crippen LogP contribution in [0.1, 0.15) is 68.9 Å². The van der Waals surface area contributed by atoms with E-state index in [1.807, 2.05) is 18.7 Å². The van der Waals surface area contributed by atoms with Crippen molar-refractivity contribution in [2.45, 2.75) is 69.7 Å². The van der Waals surface area contributed by atoms with Gasteiger partial charge in [-0.1, -0.05) is 13.8 Å². The highest BCUT2D eigenvalue weighted by atomic mass is 32.2. The van der Waals surface area contributed by atoms with Gasteiger partial charge in [0, 0.05) is 26.1 Å². The number of anilines is 1. The molecule has 0 bridgehead atoms. The fraction of sp³-hybridized carbons (Fsp3) is 0.552. The number of allylic oxidation sites excluding steroid dienone is 3. The number of nitrogens with zero attached hydrogens (tertiary/aromatic N) is 3. The van der Waals surface area contributed by atoms with Gasteiger partial charge in [-0.25, -0.2) is 14.1 Å². The van der Waals surface area contributed by atoms with Gasteiger partial charge in [0.25, 0.3) is 15.9 Å². The monoisotopic (exact) mass is 587 g/mol. The first-order valence-electron chi connectivity index (χ1n) is 14.2. The maximum Gasteiger partial charge on any atom is 0.281 e. The molecule has 41 heavy (non-hydrogen) atoms. The Hall–Kier alpha value is -3.25. The lowest BCUT2D eigenvalue weighted by molar-refractivity contribution is 0.0304. The predicted molar refractivity (Wildman–Crippen MR) is 152 cm³/mol. The van der Waals surface area contributed by atoms with E-state index in [2.05, 4.69) is 14.9 Å². The van der Waals surface area contributed by atoms with Crippen LogP contribution >= 0.6 is 0 Å². The Bertz CT molecular complexity index is 1410. The standard InChI is InChI=1S/C29H38FN5O5S/c1-19(2)17-39-23-14-21(15-29(3,30)16-23)25-7-6-24(28(36)34-41(37,38)26-8-11-31-33-26)27(32-25)35-12-9-22(10-13-35)40-18-20-4-5-20/h6-8,11,14,16,19-20,22H,4-5,9-10,12-13,15,17-18H2,1-3H3,(H,31,33)(H,34,36). The van der Waals surface area contributed by atoms with E-state index >= 15 is 4.39 Å². The number of hydrogen-bond donors (Lipinski definition) is 2. The summed E-state index contributed by atoms with van der Waals surface area (Å²) in [6.07, 6.45) is 8.74. The molecule has 12 heteroatoms. The lowest BCUT2D eigenvalue weighted by Gasteiger charge is -2.34. The second kappa shape index (κ2) is 11.9. The van der Waals surface area contributed by atoms with Crippen molar-refractivity contribution in [3.63, 3.8) is 0 Å². The van der Waals surface area contributed by atoms with Crippen molar-refractivity contribution in [1.29, 1.82) is 0 Å². The summed E-state index contributed by atoms with van der Waals surface area (Å²) in [6, 6.07) is 4.44. The topological polar surface area (TPSA) is 127 Å². The fourth-order valence-electron chi connectivity index (χ4n) is 4.96. The molecule has 2 fully saturated rings. The number of H-pyrrole nitrogens is 1. The number of amides is 1. The third-order valence-corrected chi connectivity index (χ3v) is 8.59. The molecule has 2 N–H and O–H groups in total. The number of alkyl halides is 1. The number of halogens is 1. The van der Waals surface area contributed by atoms with Crippen LogP contribution in [0.4, 0.5) is 10.2 Å². The SMILES string of the molecule is CC(C)COC1=CC(C)(F)CC(c2ccc(C(=O)NS(=O)(=O)c3ccn[nH]3)c(N3CCC(OCC4CC4)CC3)n2)=C1. The summed E-state index contributed by atoms with van der Waals surface area (Å²) in [5.41, 5.74) is -0.385. The maximum absolute atomic E-state index is 15.4. The summed E-state index contributed by atoms with van der Waals surface area (Å²) in [5, 5.41) is 5.81. The minimum atomic E-state index is -4.17. The van der Waals surface area contributed by atoms with Gasteiger partial charge in [0.1, 0.15) is 17.2 Å². The molecule has 0 radical (unpaired) electrons. The molecule has 1 amide bonds. The molecule has 1 aliphatic heterocycles. The molecule has 10 nitrogen and oxygen atoms in total. The molecule has 2 aromatic heterocycles. The van der Waals surface area contributed by atoms with Gasteiger partial charge in [-0.2, -0.15) is 13.5 Å². The molecule has 2 aromatic rings. The predicted octanol–water partition coefficient (Wildman–Crippen LogP) is 4.39. The summed E-state index contributed by atoms with van der Waals surface area (Å²) in [6.45, 7) is 7.94. The first-order valence-corrected chi connectivity index (χ1v) is 15.7. The Morgan fingerprint density at radius 3 is 2.63 bits per heavy atom. The van der Waals surface area contributed by atoms with E-state index in [0.717, 1.165) is 19.4 Å². The Balaban J connectivity index is 1.42. The highest BCUT2D eigenvalue weighted by Gasteiger charge is 2.32. The Labute approximate surface area is 240 Å². The van der Waals surface area contributed by atoms with Crippen molar-refractivity contribution in [2.75, 3.05) is 31.2 Å². The van der Waals surface area contributed by atoms with Crippen LogP contribution in [0.25, 0.3) is 5.57 Å². The molecule has 222 valence electrons. The first-order chi connectivity index (χ1) is 19.5. The minimum absolute atomic E-state index is 0.0881. The van der Waals surface area contributed by atoms with Crippen LogP contribution in [-0.4, -0.2) is 67.6 Å².